The van der Waals surface area contributed by atoms with E-state index in [0.29, 0.717) is 43.8 Å². The molecule has 1 spiro atoms. The van der Waals surface area contributed by atoms with Crippen molar-refractivity contribution in [3.05, 3.63) is 87.3 Å². The summed E-state index contributed by atoms with van der Waals surface area (Å²) in [6.45, 7) is 2.79. The number of Topliss-reactive ketones (excluding diaryl/α,β-unsaturated/α-hetero) is 1. The van der Waals surface area contributed by atoms with Gasteiger partial charge in [0.05, 0.1) is 11.6 Å². The molecule has 6 nitrogen and oxygen atoms in total. The predicted molar refractivity (Wildman–Crippen MR) is 143 cm³/mol. The van der Waals surface area contributed by atoms with E-state index in [-0.39, 0.29) is 33.5 Å². The number of hydrogen-bond acceptors (Lipinski definition) is 5. The lowest BCUT2D eigenvalue weighted by molar-refractivity contribution is -0.128. The minimum Gasteiger partial charge on any atom is -0.494 e. The van der Waals surface area contributed by atoms with Gasteiger partial charge in [-0.25, -0.2) is 9.37 Å². The monoisotopic (exact) mass is 553 g/mol. The summed E-state index contributed by atoms with van der Waals surface area (Å²) >= 11 is 12.5. The van der Waals surface area contributed by atoms with E-state index >= 15 is 4.39 Å². The van der Waals surface area contributed by atoms with Gasteiger partial charge >= 0.3 is 0 Å². The number of ketones is 1. The summed E-state index contributed by atoms with van der Waals surface area (Å²) < 4.78 is 21.5. The fraction of sp³-hybridized carbons (Fsp3) is 0.345. The Labute approximate surface area is 230 Å². The molecule has 1 amide bonds. The van der Waals surface area contributed by atoms with Crippen LogP contribution < -0.4 is 10.1 Å². The number of pyridine rings is 1. The third-order valence-electron chi connectivity index (χ3n) is 8.10. The number of ether oxygens (including phenoxy) is 1. The largest absolute Gasteiger partial charge is 0.494 e. The lowest BCUT2D eigenvalue weighted by atomic mass is 9.68. The van der Waals surface area contributed by atoms with Gasteiger partial charge in [-0.2, -0.15) is 0 Å². The molecule has 3 aliphatic rings. The highest BCUT2D eigenvalue weighted by atomic mass is 35.5. The standard InChI is InChI=1S/C29H26Cl2FN3O3/c1-2-38-17-7-3-6-16(14-17)15-35-21-10-5-11-22(36)24(21)25(18-8-4-9-20(30)26(18)32)29(35)19-12-13-23(31)33-27(19)34-28(29)37/h3-4,6-9,12-14,21,24-25H,2,5,10-11,15H2,1H3,(H,33,34,37)/t21-,24-,25-,29+/m0/s1. The molecule has 2 fully saturated rings. The van der Waals surface area contributed by atoms with Crippen LogP contribution in [0.25, 0.3) is 0 Å². The van der Waals surface area contributed by atoms with Gasteiger partial charge < -0.3 is 10.1 Å². The lowest BCUT2D eigenvalue weighted by Crippen LogP contribution is -2.51. The van der Waals surface area contributed by atoms with Crippen molar-refractivity contribution in [3.8, 4) is 5.75 Å². The molecule has 2 aromatic carbocycles. The zero-order chi connectivity index (χ0) is 26.6. The van der Waals surface area contributed by atoms with Crippen LogP contribution in [0, 0.1) is 11.7 Å². The summed E-state index contributed by atoms with van der Waals surface area (Å²) in [6.07, 6.45) is 1.78. The van der Waals surface area contributed by atoms with E-state index < -0.39 is 23.2 Å². The number of nitrogens with zero attached hydrogens (tertiary/aromatic N) is 2. The molecule has 0 bridgehead atoms. The van der Waals surface area contributed by atoms with Crippen molar-refractivity contribution in [3.63, 3.8) is 0 Å². The van der Waals surface area contributed by atoms with E-state index in [1.54, 1.807) is 24.3 Å². The molecule has 0 radical (unpaired) electrons. The second-order valence-electron chi connectivity index (χ2n) is 10.0. The highest BCUT2D eigenvalue weighted by molar-refractivity contribution is 6.31. The van der Waals surface area contributed by atoms with E-state index in [9.17, 15) is 9.59 Å². The number of benzene rings is 2. The van der Waals surface area contributed by atoms with Gasteiger partial charge in [0.25, 0.3) is 5.91 Å². The van der Waals surface area contributed by atoms with Gasteiger partial charge in [-0.15, -0.1) is 0 Å². The summed E-state index contributed by atoms with van der Waals surface area (Å²) in [7, 11) is 0. The lowest BCUT2D eigenvalue weighted by Gasteiger charge is -2.39. The maximum absolute atomic E-state index is 15.8. The third-order valence-corrected chi connectivity index (χ3v) is 8.60. The van der Waals surface area contributed by atoms with Gasteiger partial charge in [-0.1, -0.05) is 47.5 Å². The topological polar surface area (TPSA) is 71.5 Å². The molecule has 1 saturated carbocycles. The average Bonchev–Trinajstić information content (AvgIpc) is 3.34. The van der Waals surface area contributed by atoms with Crippen LogP contribution in [0.2, 0.25) is 10.2 Å². The fourth-order valence-electron chi connectivity index (χ4n) is 6.78. The summed E-state index contributed by atoms with van der Waals surface area (Å²) in [5.41, 5.74) is 0.364. The normalized spacial score (nSPS) is 26.4. The van der Waals surface area contributed by atoms with Crippen molar-refractivity contribution in [2.75, 3.05) is 11.9 Å². The first-order chi connectivity index (χ1) is 18.4. The summed E-state index contributed by atoms with van der Waals surface area (Å²) in [4.78, 5) is 34.3. The number of nitrogens with one attached hydrogen (secondary N) is 1. The average molecular weight is 554 g/mol. The van der Waals surface area contributed by atoms with Crippen molar-refractivity contribution in [2.45, 2.75) is 50.2 Å². The zero-order valence-electron chi connectivity index (χ0n) is 20.7. The zero-order valence-corrected chi connectivity index (χ0v) is 22.2. The maximum Gasteiger partial charge on any atom is 0.251 e. The van der Waals surface area contributed by atoms with Gasteiger partial charge in [0.2, 0.25) is 0 Å². The molecule has 196 valence electrons. The van der Waals surface area contributed by atoms with Crippen LogP contribution in [0.5, 0.6) is 5.75 Å². The molecule has 3 aromatic rings. The van der Waals surface area contributed by atoms with E-state index in [2.05, 4.69) is 15.2 Å². The van der Waals surface area contributed by atoms with Crippen molar-refractivity contribution >= 4 is 40.7 Å². The predicted octanol–water partition coefficient (Wildman–Crippen LogP) is 6.11. The van der Waals surface area contributed by atoms with Crippen LogP contribution in [-0.2, 0) is 21.7 Å². The Morgan fingerprint density at radius 2 is 1.97 bits per heavy atom. The van der Waals surface area contributed by atoms with E-state index in [1.165, 1.54) is 6.07 Å². The molecular weight excluding hydrogens is 528 g/mol. The molecule has 9 heteroatoms. The highest BCUT2D eigenvalue weighted by Crippen LogP contribution is 2.62. The number of amides is 1. The van der Waals surface area contributed by atoms with Gasteiger partial charge in [-0.05, 0) is 61.2 Å². The summed E-state index contributed by atoms with van der Waals surface area (Å²) in [6, 6.07) is 15.6. The second kappa shape index (κ2) is 9.63. The molecule has 2 aliphatic heterocycles. The van der Waals surface area contributed by atoms with Crippen molar-refractivity contribution in [2.24, 2.45) is 5.92 Å². The Hall–Kier alpha value is -3.00. The van der Waals surface area contributed by atoms with Gasteiger partial charge in [0.1, 0.15) is 33.9 Å². The molecule has 1 aliphatic carbocycles. The molecule has 1 saturated heterocycles. The Kier molecular flexibility index (Phi) is 6.41. The van der Waals surface area contributed by atoms with Crippen molar-refractivity contribution < 1.29 is 18.7 Å². The Morgan fingerprint density at radius 3 is 2.79 bits per heavy atom. The van der Waals surface area contributed by atoms with Crippen LogP contribution >= 0.6 is 23.2 Å². The van der Waals surface area contributed by atoms with E-state index in [1.807, 2.05) is 31.2 Å². The number of carbonyl (C=O) groups is 2. The van der Waals surface area contributed by atoms with E-state index in [0.717, 1.165) is 11.3 Å². The SMILES string of the molecule is CCOc1cccc(CN2[C@H]3CCCC(=O)[C@H]3[C@H](c3cccc(Cl)c3F)[C@]23C(=O)Nc2nc(Cl)ccc23)c1. The van der Waals surface area contributed by atoms with Crippen LogP contribution in [-0.4, -0.2) is 34.2 Å². The van der Waals surface area contributed by atoms with Gasteiger partial charge in [-0.3, -0.25) is 14.5 Å². The maximum atomic E-state index is 15.8. The summed E-state index contributed by atoms with van der Waals surface area (Å²) in [5, 5.41) is 3.09. The first kappa shape index (κ1) is 25.3. The number of fused-ring (bicyclic) bond motifs is 3. The Morgan fingerprint density at radius 1 is 1.16 bits per heavy atom. The number of hydrogen-bond donors (Lipinski definition) is 1. The molecule has 6 rings (SSSR count). The molecule has 1 aromatic heterocycles. The van der Waals surface area contributed by atoms with E-state index in [4.69, 9.17) is 27.9 Å². The molecule has 4 atom stereocenters. The Bertz CT molecular complexity index is 1450. The number of rotatable bonds is 5. The van der Waals surface area contributed by atoms with Crippen LogP contribution in [0.4, 0.5) is 10.2 Å². The van der Waals surface area contributed by atoms with Gasteiger partial charge in [0, 0.05) is 36.4 Å². The van der Waals surface area contributed by atoms with Gasteiger partial charge in [0.15, 0.2) is 0 Å². The smallest absolute Gasteiger partial charge is 0.251 e. The quantitative estimate of drug-likeness (QED) is 0.386. The number of likely N-dealkylation sites (tertiary alicyclic amines) is 1. The third kappa shape index (κ3) is 3.74. The molecule has 1 N–H and O–H groups in total. The molecule has 38 heavy (non-hydrogen) atoms. The Balaban J connectivity index is 1.61. The first-order valence-corrected chi connectivity index (χ1v) is 13.6. The first-order valence-electron chi connectivity index (χ1n) is 12.8. The van der Waals surface area contributed by atoms with Crippen LogP contribution in [0.3, 0.4) is 0 Å². The number of aromatic nitrogens is 1. The minimum absolute atomic E-state index is 0.0266. The second-order valence-corrected chi connectivity index (χ2v) is 10.8. The highest BCUT2D eigenvalue weighted by Gasteiger charge is 2.69. The number of anilines is 1. The fourth-order valence-corrected chi connectivity index (χ4v) is 7.11. The summed E-state index contributed by atoms with van der Waals surface area (Å²) in [5.74, 6) is -1.30. The number of halogens is 3. The van der Waals surface area contributed by atoms with Crippen molar-refractivity contribution in [1.29, 1.82) is 0 Å². The molecule has 0 unspecified atom stereocenters. The molecule has 3 heterocycles. The van der Waals surface area contributed by atoms with Crippen LogP contribution in [0.1, 0.15) is 48.8 Å². The van der Waals surface area contributed by atoms with Crippen LogP contribution in [0.15, 0.2) is 54.6 Å². The van der Waals surface area contributed by atoms with Crippen molar-refractivity contribution in [1.82, 2.24) is 9.88 Å². The number of carbonyl (C=O) groups excluding carboxylic acids is 2. The minimum atomic E-state index is -1.39. The molecular formula is C29H26Cl2FN3O3.